The average molecular weight is 299 g/mol. The number of hydrogen-bond donors (Lipinski definition) is 3. The molecule has 1 atom stereocenters. The van der Waals surface area contributed by atoms with Gasteiger partial charge in [-0.3, -0.25) is 4.79 Å². The molecule has 0 radical (unpaired) electrons. The van der Waals surface area contributed by atoms with Crippen LogP contribution in [-0.4, -0.2) is 39.3 Å². The smallest absolute Gasteiger partial charge is 0.263 e. The van der Waals surface area contributed by atoms with Crippen LogP contribution < -0.4 is 21.1 Å². The number of anilines is 2. The molecule has 1 aliphatic heterocycles. The third-order valence-electron chi connectivity index (χ3n) is 3.22. The van der Waals surface area contributed by atoms with Gasteiger partial charge in [-0.15, -0.1) is 11.3 Å². The number of amides is 1. The Balaban J connectivity index is 2.10. The maximum absolute atomic E-state index is 11.9. The second-order valence-corrected chi connectivity index (χ2v) is 5.70. The Morgan fingerprint density at radius 1 is 1.60 bits per heavy atom. The lowest BCUT2D eigenvalue weighted by Gasteiger charge is -2.10. The van der Waals surface area contributed by atoms with Gasteiger partial charge in [-0.25, -0.2) is 0 Å². The van der Waals surface area contributed by atoms with Crippen LogP contribution in [0.25, 0.3) is 0 Å². The first-order chi connectivity index (χ1) is 9.67. The molecular formula is C13H21N3O3S. The molecule has 112 valence electrons. The summed E-state index contributed by atoms with van der Waals surface area (Å²) in [5, 5.41) is 6.87. The predicted molar refractivity (Wildman–Crippen MR) is 80.7 cm³/mol. The van der Waals surface area contributed by atoms with Crippen LogP contribution in [0, 0.1) is 5.92 Å². The van der Waals surface area contributed by atoms with Gasteiger partial charge in [-0.1, -0.05) is 0 Å². The fraction of sp³-hybridized carbons (Fsp3) is 0.615. The van der Waals surface area contributed by atoms with E-state index in [4.69, 9.17) is 15.2 Å². The Labute approximate surface area is 122 Å². The van der Waals surface area contributed by atoms with Gasteiger partial charge >= 0.3 is 0 Å². The molecule has 20 heavy (non-hydrogen) atoms. The summed E-state index contributed by atoms with van der Waals surface area (Å²) >= 11 is 1.33. The van der Waals surface area contributed by atoms with E-state index in [0.29, 0.717) is 28.8 Å². The van der Waals surface area contributed by atoms with Crippen molar-refractivity contribution in [3.8, 4) is 5.75 Å². The first-order valence-electron chi connectivity index (χ1n) is 6.73. The molecule has 7 heteroatoms. The molecule has 1 aliphatic rings. The molecule has 0 saturated carbocycles. The molecule has 1 saturated heterocycles. The summed E-state index contributed by atoms with van der Waals surface area (Å²) in [6.45, 7) is 4.84. The molecule has 1 aromatic heterocycles. The van der Waals surface area contributed by atoms with E-state index >= 15 is 0 Å². The number of methoxy groups -OCH3 is 1. The van der Waals surface area contributed by atoms with Crippen molar-refractivity contribution in [1.82, 2.24) is 5.32 Å². The molecule has 1 amide bonds. The van der Waals surface area contributed by atoms with Crippen molar-refractivity contribution in [2.45, 2.75) is 13.3 Å². The quantitative estimate of drug-likeness (QED) is 0.742. The highest BCUT2D eigenvalue weighted by Gasteiger charge is 2.23. The normalized spacial score (nSPS) is 18.0. The lowest BCUT2D eigenvalue weighted by Crippen LogP contribution is -2.22. The third kappa shape index (κ3) is 3.16. The van der Waals surface area contributed by atoms with Crippen LogP contribution in [0.1, 0.15) is 23.0 Å². The van der Waals surface area contributed by atoms with E-state index in [1.165, 1.54) is 11.3 Å². The van der Waals surface area contributed by atoms with Gasteiger partial charge < -0.3 is 25.8 Å². The van der Waals surface area contributed by atoms with Gasteiger partial charge in [0.25, 0.3) is 5.91 Å². The number of nitrogens with two attached hydrogens (primary N) is 1. The SMILES string of the molecule is CCNC(=O)c1sc(NCC2CCOC2)c(OC)c1N. The monoisotopic (exact) mass is 299 g/mol. The molecular weight excluding hydrogens is 278 g/mol. The van der Waals surface area contributed by atoms with Gasteiger partial charge in [0, 0.05) is 25.6 Å². The maximum Gasteiger partial charge on any atom is 0.263 e. The van der Waals surface area contributed by atoms with Crippen molar-refractivity contribution >= 4 is 27.9 Å². The zero-order chi connectivity index (χ0) is 14.5. The Bertz CT molecular complexity index is 470. The molecule has 2 rings (SSSR count). The Hall–Kier alpha value is -1.47. The summed E-state index contributed by atoms with van der Waals surface area (Å²) in [5.41, 5.74) is 6.39. The highest BCUT2D eigenvalue weighted by molar-refractivity contribution is 7.19. The zero-order valence-electron chi connectivity index (χ0n) is 11.8. The van der Waals surface area contributed by atoms with Crippen LogP contribution in [0.3, 0.4) is 0 Å². The topological polar surface area (TPSA) is 85.6 Å². The number of rotatable bonds is 6. The first-order valence-corrected chi connectivity index (χ1v) is 7.55. The molecule has 1 unspecified atom stereocenters. The summed E-state index contributed by atoms with van der Waals surface area (Å²) < 4.78 is 10.7. The minimum Gasteiger partial charge on any atom is -0.492 e. The number of ether oxygens (including phenoxy) is 2. The molecule has 6 nitrogen and oxygen atoms in total. The fourth-order valence-electron chi connectivity index (χ4n) is 2.14. The molecule has 0 spiro atoms. The van der Waals surface area contributed by atoms with Crippen molar-refractivity contribution in [2.75, 3.05) is 44.5 Å². The predicted octanol–water partition coefficient (Wildman–Crippen LogP) is 1.54. The fourth-order valence-corrected chi connectivity index (χ4v) is 3.15. The Morgan fingerprint density at radius 2 is 2.40 bits per heavy atom. The van der Waals surface area contributed by atoms with Gasteiger partial charge in [0.1, 0.15) is 15.6 Å². The van der Waals surface area contributed by atoms with Crippen molar-refractivity contribution in [2.24, 2.45) is 5.92 Å². The second kappa shape index (κ2) is 6.81. The van der Waals surface area contributed by atoms with Gasteiger partial charge in [0.2, 0.25) is 0 Å². The van der Waals surface area contributed by atoms with Crippen LogP contribution in [0.5, 0.6) is 5.75 Å². The van der Waals surface area contributed by atoms with E-state index in [2.05, 4.69) is 10.6 Å². The van der Waals surface area contributed by atoms with Crippen molar-refractivity contribution in [3.63, 3.8) is 0 Å². The third-order valence-corrected chi connectivity index (χ3v) is 4.37. The summed E-state index contributed by atoms with van der Waals surface area (Å²) in [5.74, 6) is 0.886. The van der Waals surface area contributed by atoms with Gasteiger partial charge in [0.15, 0.2) is 5.75 Å². The highest BCUT2D eigenvalue weighted by Crippen LogP contribution is 2.42. The van der Waals surface area contributed by atoms with Crippen molar-refractivity contribution in [1.29, 1.82) is 0 Å². The molecule has 1 fully saturated rings. The number of nitrogen functional groups attached to an aromatic ring is 1. The largest absolute Gasteiger partial charge is 0.492 e. The lowest BCUT2D eigenvalue weighted by molar-refractivity contribution is 0.0960. The van der Waals surface area contributed by atoms with Crippen molar-refractivity contribution < 1.29 is 14.3 Å². The highest BCUT2D eigenvalue weighted by atomic mass is 32.1. The van der Waals surface area contributed by atoms with Crippen LogP contribution in [0.4, 0.5) is 10.7 Å². The average Bonchev–Trinajstić information content (AvgIpc) is 3.04. The van der Waals surface area contributed by atoms with Crippen LogP contribution in [0.2, 0.25) is 0 Å². The maximum atomic E-state index is 11.9. The van der Waals surface area contributed by atoms with Crippen LogP contribution in [-0.2, 0) is 4.74 Å². The van der Waals surface area contributed by atoms with Crippen LogP contribution in [0.15, 0.2) is 0 Å². The molecule has 1 aromatic rings. The first kappa shape index (κ1) is 14.9. The van der Waals surface area contributed by atoms with E-state index in [1.54, 1.807) is 7.11 Å². The molecule has 0 aromatic carbocycles. The van der Waals surface area contributed by atoms with E-state index in [0.717, 1.165) is 31.2 Å². The van der Waals surface area contributed by atoms with Crippen molar-refractivity contribution in [3.05, 3.63) is 4.88 Å². The van der Waals surface area contributed by atoms with E-state index in [1.807, 2.05) is 6.92 Å². The number of carbonyl (C=O) groups excluding carboxylic acids is 1. The summed E-state index contributed by atoms with van der Waals surface area (Å²) in [7, 11) is 1.56. The zero-order valence-corrected chi connectivity index (χ0v) is 12.6. The van der Waals surface area contributed by atoms with Crippen LogP contribution >= 0.6 is 11.3 Å². The molecule has 2 heterocycles. The molecule has 0 aliphatic carbocycles. The number of nitrogens with one attached hydrogen (secondary N) is 2. The Kier molecular flexibility index (Phi) is 5.08. The van der Waals surface area contributed by atoms with Gasteiger partial charge in [0.05, 0.1) is 13.7 Å². The number of carbonyl (C=O) groups is 1. The second-order valence-electron chi connectivity index (χ2n) is 4.68. The summed E-state index contributed by atoms with van der Waals surface area (Å²) in [6.07, 6.45) is 1.05. The minimum atomic E-state index is -0.162. The summed E-state index contributed by atoms with van der Waals surface area (Å²) in [4.78, 5) is 12.4. The Morgan fingerprint density at radius 3 is 3.00 bits per heavy atom. The lowest BCUT2D eigenvalue weighted by atomic mass is 10.1. The minimum absolute atomic E-state index is 0.162. The summed E-state index contributed by atoms with van der Waals surface area (Å²) in [6, 6.07) is 0. The number of hydrogen-bond acceptors (Lipinski definition) is 6. The molecule has 4 N–H and O–H groups in total. The standard InChI is InChI=1S/C13H21N3O3S/c1-3-15-12(17)11-9(14)10(18-2)13(20-11)16-6-8-4-5-19-7-8/h8,16H,3-7,14H2,1-2H3,(H,15,17). The van der Waals surface area contributed by atoms with Gasteiger partial charge in [-0.05, 0) is 13.3 Å². The number of thiophene rings is 1. The van der Waals surface area contributed by atoms with E-state index < -0.39 is 0 Å². The molecule has 0 bridgehead atoms. The van der Waals surface area contributed by atoms with E-state index in [9.17, 15) is 4.79 Å². The van der Waals surface area contributed by atoms with E-state index in [-0.39, 0.29) is 5.91 Å². The van der Waals surface area contributed by atoms with Gasteiger partial charge in [-0.2, -0.15) is 0 Å².